The molecular weight excluding hydrogens is 1120 g/mol. The summed E-state index contributed by atoms with van der Waals surface area (Å²) in [5.74, 6) is 3.06. The van der Waals surface area contributed by atoms with Crippen LogP contribution in [-0.4, -0.2) is 55.4 Å². The molecule has 2 atom stereocenters. The Morgan fingerprint density at radius 1 is 0.300 bits per heavy atom. The molecule has 0 spiro atoms. The van der Waals surface area contributed by atoms with Crippen LogP contribution in [0.2, 0.25) is 0 Å². The maximum atomic E-state index is 10.4. The molecule has 15 heteroatoms. The van der Waals surface area contributed by atoms with Crippen molar-refractivity contribution in [2.45, 2.75) is 19.0 Å². The second-order valence-electron chi connectivity index (χ2n) is 22.1. The van der Waals surface area contributed by atoms with E-state index in [1.165, 1.54) is 0 Å². The normalized spacial score (nSPS) is 13.6. The van der Waals surface area contributed by atoms with E-state index in [-0.39, 0.29) is 40.8 Å². The van der Waals surface area contributed by atoms with Crippen molar-refractivity contribution < 1.29 is 35.0 Å². The number of ether oxygens (including phenoxy) is 2. The number of hydrogen-bond acceptors (Lipinski definition) is 15. The molecule has 0 saturated heterocycles. The summed E-state index contributed by atoms with van der Waals surface area (Å²) in [6, 6.07) is 73.3. The van der Waals surface area contributed by atoms with Crippen molar-refractivity contribution in [1.82, 2.24) is 29.9 Å². The number of para-hydroxylation sites is 1. The van der Waals surface area contributed by atoms with E-state index in [4.69, 9.17) is 39.4 Å². The number of aromatic nitrogens is 6. The fraction of sp³-hybridized carbons (Fsp3) is 0.0400. The Kier molecular flexibility index (Phi) is 13.6. The Morgan fingerprint density at radius 3 is 1.09 bits per heavy atom. The van der Waals surface area contributed by atoms with E-state index >= 15 is 0 Å². The van der Waals surface area contributed by atoms with Crippen LogP contribution >= 0.6 is 0 Å². The summed E-state index contributed by atoms with van der Waals surface area (Å²) >= 11 is 0. The van der Waals surface area contributed by atoms with Crippen LogP contribution in [0.1, 0.15) is 28.8 Å². The lowest BCUT2D eigenvalue weighted by molar-refractivity contribution is 0.475. The molecule has 4 heterocycles. The molecule has 15 nitrogen and oxygen atoms in total. The SMILES string of the molecule is Cc1ccc2c(c1)NC(c1ccc(Oc3ccc4nc(-c5ccc(O)cc5)c(-c5ccc(O)cc5)nc4c3)cc1)C(c1ccc(Oc3ccc4nc(-c5cccc6nc(-c7ccc(O)cc7)c(-c7ccc(O)cc7)nc56)c(-c5ccc(O)cc5)nc4c3)cc1)N2. The summed E-state index contributed by atoms with van der Waals surface area (Å²) < 4.78 is 13.1. The first kappa shape index (κ1) is 54.3. The lowest BCUT2D eigenvalue weighted by atomic mass is 9.90. The van der Waals surface area contributed by atoms with Crippen LogP contribution in [0.5, 0.6) is 51.7 Å². The highest BCUT2D eigenvalue weighted by Gasteiger charge is 2.31. The second-order valence-corrected chi connectivity index (χ2v) is 22.1. The number of aryl methyl sites for hydroxylation is 1. The Balaban J connectivity index is 0.714. The summed E-state index contributed by atoms with van der Waals surface area (Å²) in [5.41, 5.74) is 16.9. The fourth-order valence-electron chi connectivity index (χ4n) is 11.5. The number of fused-ring (bicyclic) bond motifs is 4. The van der Waals surface area contributed by atoms with Crippen LogP contribution in [0.4, 0.5) is 11.4 Å². The van der Waals surface area contributed by atoms with E-state index in [0.717, 1.165) is 55.9 Å². The number of nitrogens with zero attached hydrogens (tertiary/aromatic N) is 6. The zero-order valence-corrected chi connectivity index (χ0v) is 48.0. The Hall–Kier alpha value is -12.4. The van der Waals surface area contributed by atoms with Gasteiger partial charge in [0.1, 0.15) is 51.7 Å². The third-order valence-corrected chi connectivity index (χ3v) is 16.0. The molecule has 11 aromatic carbocycles. The van der Waals surface area contributed by atoms with Crippen molar-refractivity contribution in [3.8, 4) is 119 Å². The van der Waals surface area contributed by atoms with Crippen LogP contribution < -0.4 is 20.1 Å². The standard InChI is InChI=1S/C75H52N8O7/c1-42-5-36-60-64(39-42)80-70(49-18-32-56(33-19-49)89-57-34-37-61-65(40-57)81-69(44-8-22-51(85)23-9-44)67(77-61)43-6-20-50(84)21-7-43)68(76-60)48-16-30-55(31-17-48)90-58-35-38-62-66(41-58)82-73(47-14-28-54(88)29-15-47)75(78-62)59-3-2-4-63-74(59)83-72(46-12-26-53(87)27-13-46)71(79-63)45-10-24-52(86)25-11-45/h2-41,68,70,76,80,84-88H,1H3. The first-order valence-electron chi connectivity index (χ1n) is 29.1. The van der Waals surface area contributed by atoms with E-state index < -0.39 is 0 Å². The summed E-state index contributed by atoms with van der Waals surface area (Å²) in [6.07, 6.45) is 0. The van der Waals surface area contributed by atoms with Gasteiger partial charge >= 0.3 is 0 Å². The zero-order valence-electron chi connectivity index (χ0n) is 48.0. The lowest BCUT2D eigenvalue weighted by Crippen LogP contribution is -2.30. The molecule has 0 bridgehead atoms. The molecule has 3 aromatic heterocycles. The number of phenols is 5. The molecule has 434 valence electrons. The molecular formula is C75H52N8O7. The molecule has 0 amide bonds. The van der Waals surface area contributed by atoms with E-state index in [1.54, 1.807) is 121 Å². The van der Waals surface area contributed by atoms with Crippen molar-refractivity contribution in [3.05, 3.63) is 259 Å². The van der Waals surface area contributed by atoms with Gasteiger partial charge in [-0.15, -0.1) is 0 Å². The number of hydrogen-bond donors (Lipinski definition) is 7. The third-order valence-electron chi connectivity index (χ3n) is 16.0. The highest BCUT2D eigenvalue weighted by atomic mass is 16.5. The number of phenolic OH excluding ortho intramolecular Hbond substituents is 5. The van der Waals surface area contributed by atoms with Gasteiger partial charge in [-0.3, -0.25) is 0 Å². The second kappa shape index (κ2) is 22.5. The van der Waals surface area contributed by atoms with E-state index in [9.17, 15) is 25.5 Å². The molecule has 15 rings (SSSR count). The van der Waals surface area contributed by atoms with Gasteiger partial charge in [0.05, 0.1) is 90.7 Å². The Labute approximate surface area is 515 Å². The van der Waals surface area contributed by atoms with Crippen LogP contribution in [0.25, 0.3) is 101 Å². The van der Waals surface area contributed by atoms with Crippen molar-refractivity contribution in [2.75, 3.05) is 10.6 Å². The first-order chi connectivity index (χ1) is 43.9. The predicted octanol–water partition coefficient (Wildman–Crippen LogP) is 17.3. The summed E-state index contributed by atoms with van der Waals surface area (Å²) in [6.45, 7) is 2.08. The highest BCUT2D eigenvalue weighted by Crippen LogP contribution is 2.45. The van der Waals surface area contributed by atoms with Crippen LogP contribution in [0.3, 0.4) is 0 Å². The monoisotopic (exact) mass is 1180 g/mol. The molecule has 0 radical (unpaired) electrons. The molecule has 1 aliphatic rings. The Morgan fingerprint density at radius 2 is 0.656 bits per heavy atom. The van der Waals surface area contributed by atoms with Gasteiger partial charge in [0.25, 0.3) is 0 Å². The Bertz CT molecular complexity index is 5060. The third kappa shape index (κ3) is 10.7. The molecule has 14 aromatic rings. The van der Waals surface area contributed by atoms with Gasteiger partial charge in [-0.1, -0.05) is 42.5 Å². The molecule has 7 N–H and O–H groups in total. The average molecular weight is 1180 g/mol. The minimum Gasteiger partial charge on any atom is -0.508 e. The largest absolute Gasteiger partial charge is 0.508 e. The average Bonchev–Trinajstić information content (AvgIpc) is 0.866. The van der Waals surface area contributed by atoms with Crippen LogP contribution in [0.15, 0.2) is 243 Å². The highest BCUT2D eigenvalue weighted by molar-refractivity contribution is 5.99. The lowest BCUT2D eigenvalue weighted by Gasteiger charge is -2.37. The van der Waals surface area contributed by atoms with Crippen LogP contribution in [0, 0.1) is 6.92 Å². The van der Waals surface area contributed by atoms with Gasteiger partial charge in [0.15, 0.2) is 0 Å². The maximum Gasteiger partial charge on any atom is 0.129 e. The number of aromatic hydroxyl groups is 5. The number of benzene rings is 11. The van der Waals surface area contributed by atoms with Crippen molar-refractivity contribution in [3.63, 3.8) is 0 Å². The first-order valence-corrected chi connectivity index (χ1v) is 29.1. The quantitative estimate of drug-likeness (QED) is 0.0605. The van der Waals surface area contributed by atoms with Gasteiger partial charge in [0, 0.05) is 45.5 Å². The topological polar surface area (TPSA) is 221 Å². The molecule has 2 unspecified atom stereocenters. The van der Waals surface area contributed by atoms with E-state index in [0.29, 0.717) is 95.8 Å². The summed E-state index contributed by atoms with van der Waals surface area (Å²) in [4.78, 5) is 31.1. The number of rotatable bonds is 12. The number of nitrogens with one attached hydrogen (secondary N) is 2. The van der Waals surface area contributed by atoms with Crippen molar-refractivity contribution in [1.29, 1.82) is 0 Å². The maximum absolute atomic E-state index is 10.4. The molecule has 0 aliphatic carbocycles. The van der Waals surface area contributed by atoms with Gasteiger partial charge in [-0.2, -0.15) is 0 Å². The van der Waals surface area contributed by atoms with E-state index in [2.05, 4.69) is 60.0 Å². The minimum atomic E-state index is -0.189. The molecule has 1 aliphatic heterocycles. The van der Waals surface area contributed by atoms with Gasteiger partial charge in [0.2, 0.25) is 0 Å². The zero-order chi connectivity index (χ0) is 61.0. The predicted molar refractivity (Wildman–Crippen MR) is 350 cm³/mol. The summed E-state index contributed by atoms with van der Waals surface area (Å²) in [7, 11) is 0. The smallest absolute Gasteiger partial charge is 0.129 e. The summed E-state index contributed by atoms with van der Waals surface area (Å²) in [5, 5.41) is 58.5. The molecule has 0 saturated carbocycles. The molecule has 90 heavy (non-hydrogen) atoms. The van der Waals surface area contributed by atoms with Gasteiger partial charge in [-0.25, -0.2) is 29.9 Å². The van der Waals surface area contributed by atoms with Crippen molar-refractivity contribution >= 4 is 44.5 Å². The number of anilines is 2. The van der Waals surface area contributed by atoms with Gasteiger partial charge < -0.3 is 45.6 Å². The van der Waals surface area contributed by atoms with Crippen LogP contribution in [-0.2, 0) is 0 Å². The molecule has 0 fully saturated rings. The van der Waals surface area contributed by atoms with E-state index in [1.807, 2.05) is 78.9 Å². The minimum absolute atomic E-state index is 0.111. The van der Waals surface area contributed by atoms with Crippen molar-refractivity contribution in [2.24, 2.45) is 0 Å². The van der Waals surface area contributed by atoms with Gasteiger partial charge in [-0.05, 0) is 212 Å². The fourth-order valence-corrected chi connectivity index (χ4v) is 11.5.